The van der Waals surface area contributed by atoms with Crippen molar-refractivity contribution in [3.05, 3.63) is 70.4 Å². The molecule has 4 aromatic rings. The van der Waals surface area contributed by atoms with Gasteiger partial charge in [0.2, 0.25) is 5.91 Å². The highest BCUT2D eigenvalue weighted by Crippen LogP contribution is 2.19. The molecule has 0 aliphatic rings. The molecular formula is C22H25N7O. The van der Waals surface area contributed by atoms with Crippen LogP contribution in [0.4, 0.5) is 5.82 Å². The summed E-state index contributed by atoms with van der Waals surface area (Å²) in [5.74, 6) is 1.26. The number of rotatable bonds is 6. The van der Waals surface area contributed by atoms with Crippen LogP contribution in [0, 0.1) is 27.7 Å². The summed E-state index contributed by atoms with van der Waals surface area (Å²) in [5, 5.41) is 11.7. The highest BCUT2D eigenvalue weighted by Gasteiger charge is 2.15. The van der Waals surface area contributed by atoms with Gasteiger partial charge in [0.1, 0.15) is 12.1 Å². The van der Waals surface area contributed by atoms with E-state index in [1.54, 1.807) is 10.7 Å². The Morgan fingerprint density at radius 2 is 1.97 bits per heavy atom. The normalized spacial score (nSPS) is 11.2. The molecule has 1 aromatic carbocycles. The number of hydrogen-bond donors (Lipinski definition) is 1. The van der Waals surface area contributed by atoms with Crippen molar-refractivity contribution in [1.82, 2.24) is 29.4 Å². The highest BCUT2D eigenvalue weighted by atomic mass is 16.1. The van der Waals surface area contributed by atoms with Gasteiger partial charge in [-0.05, 0) is 45.2 Å². The Morgan fingerprint density at radius 3 is 2.77 bits per heavy atom. The molecule has 0 fully saturated rings. The molecule has 4 rings (SSSR count). The van der Waals surface area contributed by atoms with Crippen molar-refractivity contribution >= 4 is 17.5 Å². The number of aryl methyl sites for hydroxylation is 4. The first-order valence-corrected chi connectivity index (χ1v) is 9.96. The van der Waals surface area contributed by atoms with E-state index in [1.807, 2.05) is 31.5 Å². The van der Waals surface area contributed by atoms with Crippen LogP contribution in [0.5, 0.6) is 0 Å². The number of carbonyl (C=O) groups excluding carboxylic acids is 1. The minimum Gasteiger partial charge on any atom is -0.311 e. The second kappa shape index (κ2) is 8.06. The van der Waals surface area contributed by atoms with Gasteiger partial charge in [0.25, 0.3) is 5.78 Å². The predicted molar refractivity (Wildman–Crippen MR) is 114 cm³/mol. The molecule has 0 spiro atoms. The van der Waals surface area contributed by atoms with Crippen LogP contribution in [0.3, 0.4) is 0 Å². The van der Waals surface area contributed by atoms with Crippen LogP contribution in [0.15, 0.2) is 36.8 Å². The minimum absolute atomic E-state index is 0.0541. The third kappa shape index (κ3) is 3.94. The number of benzene rings is 1. The van der Waals surface area contributed by atoms with Crippen LogP contribution >= 0.6 is 0 Å². The van der Waals surface area contributed by atoms with E-state index in [2.05, 4.69) is 50.6 Å². The van der Waals surface area contributed by atoms with Gasteiger partial charge in [-0.2, -0.15) is 15.2 Å². The summed E-state index contributed by atoms with van der Waals surface area (Å²) in [6.07, 6.45) is 4.20. The fraction of sp³-hybridized carbons (Fsp3) is 0.318. The van der Waals surface area contributed by atoms with Crippen molar-refractivity contribution in [3.63, 3.8) is 0 Å². The van der Waals surface area contributed by atoms with E-state index in [4.69, 9.17) is 0 Å². The van der Waals surface area contributed by atoms with Crippen molar-refractivity contribution in [3.8, 4) is 0 Å². The fourth-order valence-electron chi connectivity index (χ4n) is 3.70. The van der Waals surface area contributed by atoms with E-state index in [0.29, 0.717) is 25.2 Å². The SMILES string of the molecule is Cc1cccc(Cn2ncc(C)c2NC(=O)CCc2c(C)nc3ncnn3c2C)c1. The van der Waals surface area contributed by atoms with Gasteiger partial charge >= 0.3 is 0 Å². The van der Waals surface area contributed by atoms with Crippen LogP contribution in [0.1, 0.15) is 40.1 Å². The topological polar surface area (TPSA) is 90.0 Å². The predicted octanol–water partition coefficient (Wildman–Crippen LogP) is 3.17. The second-order valence-corrected chi connectivity index (χ2v) is 7.60. The van der Waals surface area contributed by atoms with Gasteiger partial charge in [-0.1, -0.05) is 29.8 Å². The molecule has 8 nitrogen and oxygen atoms in total. The molecule has 3 heterocycles. The summed E-state index contributed by atoms with van der Waals surface area (Å²) < 4.78 is 3.54. The lowest BCUT2D eigenvalue weighted by Crippen LogP contribution is -2.18. The molecule has 0 saturated carbocycles. The zero-order chi connectivity index (χ0) is 21.3. The largest absolute Gasteiger partial charge is 0.311 e. The second-order valence-electron chi connectivity index (χ2n) is 7.60. The molecule has 0 saturated heterocycles. The summed E-state index contributed by atoms with van der Waals surface area (Å²) >= 11 is 0. The molecule has 8 heteroatoms. The number of carbonyl (C=O) groups is 1. The molecule has 3 aromatic heterocycles. The molecule has 0 aliphatic carbocycles. The van der Waals surface area contributed by atoms with Crippen LogP contribution < -0.4 is 5.32 Å². The zero-order valence-electron chi connectivity index (χ0n) is 17.7. The van der Waals surface area contributed by atoms with Gasteiger partial charge in [-0.3, -0.25) is 4.79 Å². The van der Waals surface area contributed by atoms with E-state index in [0.717, 1.165) is 33.9 Å². The highest BCUT2D eigenvalue weighted by molar-refractivity contribution is 5.90. The molecule has 30 heavy (non-hydrogen) atoms. The first kappa shape index (κ1) is 19.8. The Bertz CT molecular complexity index is 1220. The molecular weight excluding hydrogens is 378 g/mol. The quantitative estimate of drug-likeness (QED) is 0.534. The van der Waals surface area contributed by atoms with Gasteiger partial charge in [0, 0.05) is 23.4 Å². The lowest BCUT2D eigenvalue weighted by Gasteiger charge is -2.12. The Hall–Kier alpha value is -3.55. The van der Waals surface area contributed by atoms with E-state index in [9.17, 15) is 4.79 Å². The maximum Gasteiger partial charge on any atom is 0.252 e. The molecule has 0 bridgehead atoms. The first-order chi connectivity index (χ1) is 14.4. The number of nitrogens with one attached hydrogen (secondary N) is 1. The number of anilines is 1. The average molecular weight is 403 g/mol. The molecule has 0 aliphatic heterocycles. The first-order valence-electron chi connectivity index (χ1n) is 9.96. The number of amides is 1. The number of fused-ring (bicyclic) bond motifs is 1. The summed E-state index contributed by atoms with van der Waals surface area (Å²) in [6, 6.07) is 8.29. The molecule has 0 radical (unpaired) electrons. The smallest absolute Gasteiger partial charge is 0.252 e. The summed E-state index contributed by atoms with van der Waals surface area (Å²) in [5.41, 5.74) is 6.14. The fourth-order valence-corrected chi connectivity index (χ4v) is 3.70. The van der Waals surface area contributed by atoms with Gasteiger partial charge in [0.15, 0.2) is 0 Å². The molecule has 1 N–H and O–H groups in total. The molecule has 0 unspecified atom stereocenters. The lowest BCUT2D eigenvalue weighted by molar-refractivity contribution is -0.116. The number of nitrogens with zero attached hydrogens (tertiary/aromatic N) is 6. The maximum absolute atomic E-state index is 12.7. The Balaban J connectivity index is 1.47. The van der Waals surface area contributed by atoms with Gasteiger partial charge in [-0.25, -0.2) is 14.2 Å². The van der Waals surface area contributed by atoms with Crippen molar-refractivity contribution in [1.29, 1.82) is 0 Å². The summed E-state index contributed by atoms with van der Waals surface area (Å²) in [6.45, 7) is 8.54. The van der Waals surface area contributed by atoms with E-state index >= 15 is 0 Å². The summed E-state index contributed by atoms with van der Waals surface area (Å²) in [4.78, 5) is 21.3. The van der Waals surface area contributed by atoms with E-state index in [-0.39, 0.29) is 5.91 Å². The molecule has 154 valence electrons. The Kier molecular flexibility index (Phi) is 5.31. The monoisotopic (exact) mass is 403 g/mol. The van der Waals surface area contributed by atoms with E-state index < -0.39 is 0 Å². The van der Waals surface area contributed by atoms with Crippen molar-refractivity contribution in [2.24, 2.45) is 0 Å². The minimum atomic E-state index is -0.0541. The van der Waals surface area contributed by atoms with Crippen LogP contribution in [-0.2, 0) is 17.8 Å². The maximum atomic E-state index is 12.7. The van der Waals surface area contributed by atoms with Gasteiger partial charge in [-0.15, -0.1) is 0 Å². The van der Waals surface area contributed by atoms with Gasteiger partial charge < -0.3 is 5.32 Å². The molecule has 1 amide bonds. The Morgan fingerprint density at radius 1 is 1.13 bits per heavy atom. The third-order valence-corrected chi connectivity index (χ3v) is 5.29. The standard InChI is InChI=1S/C22H25N7O/c1-14-6-5-7-18(10-14)12-28-21(15(2)11-24-28)27-20(30)9-8-19-16(3)26-22-23-13-25-29(22)17(19)4/h5-7,10-11,13H,8-9,12H2,1-4H3,(H,27,30). The van der Waals surface area contributed by atoms with Crippen LogP contribution in [-0.4, -0.2) is 35.3 Å². The van der Waals surface area contributed by atoms with Crippen LogP contribution in [0.2, 0.25) is 0 Å². The molecule has 0 atom stereocenters. The number of aromatic nitrogens is 6. The third-order valence-electron chi connectivity index (χ3n) is 5.29. The van der Waals surface area contributed by atoms with Crippen molar-refractivity contribution in [2.75, 3.05) is 5.32 Å². The number of hydrogen-bond acceptors (Lipinski definition) is 5. The van der Waals surface area contributed by atoms with Gasteiger partial charge in [0.05, 0.1) is 12.7 Å². The van der Waals surface area contributed by atoms with Crippen LogP contribution in [0.25, 0.3) is 5.78 Å². The average Bonchev–Trinajstić information content (AvgIpc) is 3.30. The zero-order valence-corrected chi connectivity index (χ0v) is 17.7. The lowest BCUT2D eigenvalue weighted by atomic mass is 10.1. The van der Waals surface area contributed by atoms with Crippen molar-refractivity contribution < 1.29 is 4.79 Å². The Labute approximate surface area is 175 Å². The van der Waals surface area contributed by atoms with E-state index in [1.165, 1.54) is 11.9 Å². The van der Waals surface area contributed by atoms with Crippen molar-refractivity contribution in [2.45, 2.75) is 47.1 Å². The summed E-state index contributed by atoms with van der Waals surface area (Å²) in [7, 11) is 0.